The van der Waals surface area contributed by atoms with Gasteiger partial charge in [-0.25, -0.2) is 4.79 Å². The summed E-state index contributed by atoms with van der Waals surface area (Å²) in [6.45, 7) is -0.574. The van der Waals surface area contributed by atoms with Gasteiger partial charge in [0, 0.05) is 0 Å². The fraction of sp³-hybridized carbons (Fsp3) is 0.556. The third-order valence-corrected chi connectivity index (χ3v) is 2.72. The fourth-order valence-electron chi connectivity index (χ4n) is 1.76. The van der Waals surface area contributed by atoms with E-state index in [0.717, 1.165) is 0 Å². The van der Waals surface area contributed by atoms with Crippen molar-refractivity contribution < 1.29 is 24.4 Å². The summed E-state index contributed by atoms with van der Waals surface area (Å²) < 4.78 is 18.7. The van der Waals surface area contributed by atoms with Crippen molar-refractivity contribution in [3.63, 3.8) is 0 Å². The van der Waals surface area contributed by atoms with Crippen molar-refractivity contribution in [1.29, 1.82) is 0 Å². The molecule has 8 nitrogen and oxygen atoms in total. The molecule has 4 atom stereocenters. The third kappa shape index (κ3) is 1.97. The molecule has 0 unspecified atom stereocenters. The normalized spacial score (nSPS) is 31.8. The third-order valence-electron chi connectivity index (χ3n) is 2.72. The first-order valence-electron chi connectivity index (χ1n) is 5.09. The Morgan fingerprint density at radius 2 is 2.06 bits per heavy atom. The Labute approximate surface area is 98.9 Å². The molecule has 1 aliphatic rings. The zero-order chi connectivity index (χ0) is 13.4. The first-order chi connectivity index (χ1) is 8.45. The summed E-state index contributed by atoms with van der Waals surface area (Å²) in [5.74, 6) is -1.23. The standard InChI is InChI=1S/C9H11FN2O6/c10-3-1-12(9(17)11-7(3)16)8-6(15)5(14)4(2-13)18-8/h1,4-6,8,13-15H,2H2,(H,11,16,17)/t4-,5+,6+,8-/m0/s1. The number of hydrogen-bond acceptors (Lipinski definition) is 6. The summed E-state index contributed by atoms with van der Waals surface area (Å²) >= 11 is 0. The van der Waals surface area contributed by atoms with Crippen LogP contribution in [-0.4, -0.2) is 49.8 Å². The van der Waals surface area contributed by atoms with Gasteiger partial charge in [0.1, 0.15) is 18.3 Å². The van der Waals surface area contributed by atoms with Crippen LogP contribution in [0.3, 0.4) is 0 Å². The maximum Gasteiger partial charge on any atom is 0.330 e. The number of nitrogens with zero attached hydrogens (tertiary/aromatic N) is 1. The van der Waals surface area contributed by atoms with Crippen LogP contribution in [0.2, 0.25) is 0 Å². The van der Waals surface area contributed by atoms with E-state index < -0.39 is 48.2 Å². The van der Waals surface area contributed by atoms with E-state index in [1.54, 1.807) is 4.98 Å². The Bertz CT molecular complexity index is 555. The first kappa shape index (κ1) is 12.9. The van der Waals surface area contributed by atoms with Crippen LogP contribution < -0.4 is 11.2 Å². The molecule has 9 heteroatoms. The minimum Gasteiger partial charge on any atom is -0.394 e. The predicted octanol–water partition coefficient (Wildman–Crippen LogP) is -2.71. The smallest absolute Gasteiger partial charge is 0.330 e. The molecule has 100 valence electrons. The number of halogens is 1. The van der Waals surface area contributed by atoms with Crippen LogP contribution >= 0.6 is 0 Å². The van der Waals surface area contributed by atoms with Crippen molar-refractivity contribution >= 4 is 0 Å². The highest BCUT2D eigenvalue weighted by atomic mass is 19.1. The number of H-pyrrole nitrogens is 1. The summed E-state index contributed by atoms with van der Waals surface area (Å²) in [5, 5.41) is 28.0. The number of aliphatic hydroxyl groups excluding tert-OH is 3. The Morgan fingerprint density at radius 1 is 1.39 bits per heavy atom. The van der Waals surface area contributed by atoms with Gasteiger partial charge in [0.25, 0.3) is 5.56 Å². The molecule has 2 heterocycles. The average Bonchev–Trinajstić information content (AvgIpc) is 2.61. The highest BCUT2D eigenvalue weighted by Gasteiger charge is 2.43. The van der Waals surface area contributed by atoms with Crippen LogP contribution in [-0.2, 0) is 4.74 Å². The van der Waals surface area contributed by atoms with Gasteiger partial charge in [0.05, 0.1) is 12.8 Å². The molecule has 2 rings (SSSR count). The average molecular weight is 262 g/mol. The fourth-order valence-corrected chi connectivity index (χ4v) is 1.76. The van der Waals surface area contributed by atoms with Gasteiger partial charge in [-0.05, 0) is 0 Å². The Morgan fingerprint density at radius 3 is 2.61 bits per heavy atom. The molecule has 0 bridgehead atoms. The number of aromatic amines is 1. The molecule has 4 N–H and O–H groups in total. The number of aliphatic hydroxyl groups is 3. The van der Waals surface area contributed by atoms with Gasteiger partial charge in [-0.3, -0.25) is 14.3 Å². The van der Waals surface area contributed by atoms with Crippen LogP contribution in [0.4, 0.5) is 4.39 Å². The number of ether oxygens (including phenoxy) is 1. The van der Waals surface area contributed by atoms with Crippen molar-refractivity contribution in [2.45, 2.75) is 24.5 Å². The van der Waals surface area contributed by atoms with Crippen molar-refractivity contribution in [1.82, 2.24) is 9.55 Å². The van der Waals surface area contributed by atoms with Crippen LogP contribution in [0, 0.1) is 5.82 Å². The SMILES string of the molecule is O=c1[nH]c(=O)n([C@H]2O[C@@H](CO)[C@@H](O)[C@H]2O)cc1F. The van der Waals surface area contributed by atoms with E-state index >= 15 is 0 Å². The van der Waals surface area contributed by atoms with Gasteiger partial charge in [-0.15, -0.1) is 0 Å². The molecule has 0 radical (unpaired) electrons. The van der Waals surface area contributed by atoms with Crippen LogP contribution in [0.5, 0.6) is 0 Å². The molecular weight excluding hydrogens is 251 g/mol. The lowest BCUT2D eigenvalue weighted by Crippen LogP contribution is -2.38. The van der Waals surface area contributed by atoms with Crippen LogP contribution in [0.1, 0.15) is 6.23 Å². The number of rotatable bonds is 2. The van der Waals surface area contributed by atoms with E-state index in [9.17, 15) is 24.2 Å². The van der Waals surface area contributed by atoms with Gasteiger partial charge in [0.2, 0.25) is 5.82 Å². The van der Waals surface area contributed by atoms with E-state index in [2.05, 4.69) is 0 Å². The lowest BCUT2D eigenvalue weighted by molar-refractivity contribution is -0.0554. The Kier molecular flexibility index (Phi) is 3.30. The first-order valence-corrected chi connectivity index (χ1v) is 5.09. The van der Waals surface area contributed by atoms with Gasteiger partial charge in [-0.1, -0.05) is 0 Å². The maximum absolute atomic E-state index is 13.1. The number of aromatic nitrogens is 2. The number of nitrogens with one attached hydrogen (secondary N) is 1. The van der Waals surface area contributed by atoms with Crippen molar-refractivity contribution in [3.05, 3.63) is 32.9 Å². The second kappa shape index (κ2) is 4.61. The molecule has 1 aromatic rings. The quantitative estimate of drug-likeness (QED) is 0.459. The van der Waals surface area contributed by atoms with Gasteiger partial charge >= 0.3 is 5.69 Å². The van der Waals surface area contributed by atoms with Crippen molar-refractivity contribution in [2.24, 2.45) is 0 Å². The molecule has 1 fully saturated rings. The highest BCUT2D eigenvalue weighted by Crippen LogP contribution is 2.27. The van der Waals surface area contributed by atoms with Crippen LogP contribution in [0.25, 0.3) is 0 Å². The summed E-state index contributed by atoms with van der Waals surface area (Å²) in [7, 11) is 0. The van der Waals surface area contributed by atoms with Crippen LogP contribution in [0.15, 0.2) is 15.8 Å². The minimum absolute atomic E-state index is 0.571. The Balaban J connectivity index is 2.42. The van der Waals surface area contributed by atoms with E-state index in [0.29, 0.717) is 10.8 Å². The molecule has 1 aromatic heterocycles. The molecule has 0 saturated carbocycles. The van der Waals surface area contributed by atoms with E-state index in [1.807, 2.05) is 0 Å². The minimum atomic E-state index is -1.52. The summed E-state index contributed by atoms with van der Waals surface area (Å²) in [6.07, 6.45) is -4.84. The van der Waals surface area contributed by atoms with E-state index in [-0.39, 0.29) is 0 Å². The van der Waals surface area contributed by atoms with Gasteiger partial charge < -0.3 is 20.1 Å². The zero-order valence-electron chi connectivity index (χ0n) is 8.99. The molecular formula is C9H11FN2O6. The summed E-state index contributed by atoms with van der Waals surface area (Å²) in [6, 6.07) is 0. The largest absolute Gasteiger partial charge is 0.394 e. The lowest BCUT2D eigenvalue weighted by Gasteiger charge is -2.16. The van der Waals surface area contributed by atoms with Gasteiger partial charge in [0.15, 0.2) is 6.23 Å². The second-order valence-corrected chi connectivity index (χ2v) is 3.87. The van der Waals surface area contributed by atoms with E-state index in [4.69, 9.17) is 9.84 Å². The topological polar surface area (TPSA) is 125 Å². The molecule has 0 aliphatic carbocycles. The number of hydrogen-bond donors (Lipinski definition) is 4. The second-order valence-electron chi connectivity index (χ2n) is 3.87. The van der Waals surface area contributed by atoms with Crippen molar-refractivity contribution in [2.75, 3.05) is 6.61 Å². The summed E-state index contributed by atoms with van der Waals surface area (Å²) in [4.78, 5) is 24.0. The molecule has 0 aromatic carbocycles. The highest BCUT2D eigenvalue weighted by molar-refractivity contribution is 4.94. The molecule has 0 amide bonds. The van der Waals surface area contributed by atoms with E-state index in [1.165, 1.54) is 0 Å². The maximum atomic E-state index is 13.1. The summed E-state index contributed by atoms with van der Waals surface area (Å²) in [5.41, 5.74) is -2.18. The lowest BCUT2D eigenvalue weighted by atomic mass is 10.1. The Hall–Kier alpha value is -1.55. The molecule has 0 spiro atoms. The van der Waals surface area contributed by atoms with Gasteiger partial charge in [-0.2, -0.15) is 4.39 Å². The zero-order valence-corrected chi connectivity index (χ0v) is 8.99. The van der Waals surface area contributed by atoms with Crippen molar-refractivity contribution in [3.8, 4) is 0 Å². The predicted molar refractivity (Wildman–Crippen MR) is 54.3 cm³/mol. The monoisotopic (exact) mass is 262 g/mol. The molecule has 18 heavy (non-hydrogen) atoms. The molecule has 1 aliphatic heterocycles. The molecule has 1 saturated heterocycles.